The molecule has 6 nitrogen and oxygen atoms in total. The van der Waals surface area contributed by atoms with Gasteiger partial charge in [0.15, 0.2) is 5.96 Å². The highest BCUT2D eigenvalue weighted by Gasteiger charge is 2.24. The molecular formula is C21H34N4O2. The molecule has 1 atom stereocenters. The number of hydrogen-bond donors (Lipinski definition) is 3. The molecule has 27 heavy (non-hydrogen) atoms. The molecule has 0 saturated carbocycles. The molecular weight excluding hydrogens is 340 g/mol. The normalized spacial score (nSPS) is 22.1. The Kier molecular flexibility index (Phi) is 7.78. The summed E-state index contributed by atoms with van der Waals surface area (Å²) in [4.78, 5) is 6.96. The van der Waals surface area contributed by atoms with E-state index in [2.05, 4.69) is 20.5 Å². The molecule has 3 N–H and O–H groups in total. The Bertz CT molecular complexity index is 576. The molecule has 1 aromatic rings. The lowest BCUT2D eigenvalue weighted by Gasteiger charge is -2.34. The third-order valence-corrected chi connectivity index (χ3v) is 5.56. The molecule has 6 heteroatoms. The van der Waals surface area contributed by atoms with Crippen LogP contribution < -0.4 is 10.6 Å². The van der Waals surface area contributed by atoms with E-state index in [1.165, 1.54) is 31.4 Å². The summed E-state index contributed by atoms with van der Waals surface area (Å²) >= 11 is 0. The molecule has 2 aliphatic heterocycles. The lowest BCUT2D eigenvalue weighted by atomic mass is 10.0. The van der Waals surface area contributed by atoms with Gasteiger partial charge in [-0.2, -0.15) is 0 Å². The van der Waals surface area contributed by atoms with Gasteiger partial charge in [-0.1, -0.05) is 12.1 Å². The van der Waals surface area contributed by atoms with E-state index in [9.17, 15) is 5.11 Å². The number of ether oxygens (including phenoxy) is 1. The van der Waals surface area contributed by atoms with Gasteiger partial charge < -0.3 is 25.4 Å². The lowest BCUT2D eigenvalue weighted by molar-refractivity contribution is 0.150. The zero-order chi connectivity index (χ0) is 18.9. The number of guanidine groups is 1. The van der Waals surface area contributed by atoms with Crippen LogP contribution in [0.2, 0.25) is 0 Å². The maximum Gasteiger partial charge on any atom is 0.191 e. The molecule has 2 aliphatic rings. The number of phenols is 1. The van der Waals surface area contributed by atoms with Crippen LogP contribution in [-0.4, -0.2) is 68.4 Å². The topological polar surface area (TPSA) is 69.1 Å². The number of likely N-dealkylation sites (tertiary alicyclic amines) is 1. The van der Waals surface area contributed by atoms with Crippen LogP contribution in [0.5, 0.6) is 5.75 Å². The van der Waals surface area contributed by atoms with Crippen LogP contribution in [0, 0.1) is 5.92 Å². The fraction of sp³-hybridized carbons (Fsp3) is 0.667. The maximum atomic E-state index is 9.33. The van der Waals surface area contributed by atoms with E-state index in [-0.39, 0.29) is 0 Å². The highest BCUT2D eigenvalue weighted by molar-refractivity contribution is 5.79. The van der Waals surface area contributed by atoms with Crippen molar-refractivity contribution in [3.05, 3.63) is 29.8 Å². The molecule has 2 saturated heterocycles. The van der Waals surface area contributed by atoms with E-state index in [0.717, 1.165) is 57.6 Å². The van der Waals surface area contributed by atoms with Crippen molar-refractivity contribution in [1.82, 2.24) is 15.5 Å². The van der Waals surface area contributed by atoms with Gasteiger partial charge >= 0.3 is 0 Å². The molecule has 2 fully saturated rings. The molecule has 0 aromatic heterocycles. The summed E-state index contributed by atoms with van der Waals surface area (Å²) in [7, 11) is 1.84. The Morgan fingerprint density at radius 1 is 1.22 bits per heavy atom. The lowest BCUT2D eigenvalue weighted by Crippen LogP contribution is -2.49. The summed E-state index contributed by atoms with van der Waals surface area (Å²) < 4.78 is 5.49. The van der Waals surface area contributed by atoms with Gasteiger partial charge in [0.2, 0.25) is 0 Å². The molecule has 1 aromatic carbocycles. The van der Waals surface area contributed by atoms with Crippen molar-refractivity contribution in [1.29, 1.82) is 0 Å². The Morgan fingerprint density at radius 2 is 2.00 bits per heavy atom. The fourth-order valence-electron chi connectivity index (χ4n) is 3.90. The van der Waals surface area contributed by atoms with Gasteiger partial charge in [0.1, 0.15) is 5.75 Å². The summed E-state index contributed by atoms with van der Waals surface area (Å²) in [6, 6.07) is 7.95. The minimum Gasteiger partial charge on any atom is -0.508 e. The predicted molar refractivity (Wildman–Crippen MR) is 109 cm³/mol. The highest BCUT2D eigenvalue weighted by atomic mass is 16.5. The molecule has 0 amide bonds. The van der Waals surface area contributed by atoms with Crippen LogP contribution in [0.15, 0.2) is 29.3 Å². The molecule has 3 rings (SSSR count). The second-order valence-corrected chi connectivity index (χ2v) is 7.72. The quantitative estimate of drug-likeness (QED) is 0.387. The summed E-state index contributed by atoms with van der Waals surface area (Å²) in [6.07, 6.45) is 5.59. The SMILES string of the molecule is CN=C(NCCCc1ccc(O)cc1)NC1CCN(CC2CCOC2)CC1. The van der Waals surface area contributed by atoms with Crippen molar-refractivity contribution in [2.45, 2.75) is 38.1 Å². The Balaban J connectivity index is 1.30. The number of aryl methyl sites for hydroxylation is 1. The first kappa shape index (κ1) is 20.0. The number of nitrogens with zero attached hydrogens (tertiary/aromatic N) is 2. The van der Waals surface area contributed by atoms with Crippen molar-refractivity contribution in [3.8, 4) is 5.75 Å². The van der Waals surface area contributed by atoms with E-state index in [4.69, 9.17) is 4.74 Å². The standard InChI is InChI=1S/C21H34N4O2/c1-22-21(23-11-2-3-17-4-6-20(26)7-5-17)24-19-8-12-25(13-9-19)15-18-10-14-27-16-18/h4-7,18-19,26H,2-3,8-16H2,1H3,(H2,22,23,24). The summed E-state index contributed by atoms with van der Waals surface area (Å²) in [5, 5.41) is 16.3. The molecule has 1 unspecified atom stereocenters. The van der Waals surface area contributed by atoms with E-state index in [1.54, 1.807) is 12.1 Å². The van der Waals surface area contributed by atoms with Gasteiger partial charge in [-0.3, -0.25) is 4.99 Å². The van der Waals surface area contributed by atoms with Crippen molar-refractivity contribution < 1.29 is 9.84 Å². The molecule has 0 radical (unpaired) electrons. The van der Waals surface area contributed by atoms with Crippen LogP contribution >= 0.6 is 0 Å². The maximum absolute atomic E-state index is 9.33. The van der Waals surface area contributed by atoms with E-state index in [0.29, 0.717) is 11.8 Å². The molecule has 0 bridgehead atoms. The monoisotopic (exact) mass is 374 g/mol. The molecule has 150 valence electrons. The van der Waals surface area contributed by atoms with Gasteiger partial charge in [0.05, 0.1) is 6.61 Å². The zero-order valence-corrected chi connectivity index (χ0v) is 16.5. The van der Waals surface area contributed by atoms with Crippen LogP contribution in [0.1, 0.15) is 31.2 Å². The summed E-state index contributed by atoms with van der Waals surface area (Å²) in [6.45, 7) is 6.28. The van der Waals surface area contributed by atoms with Crippen LogP contribution in [0.25, 0.3) is 0 Å². The average molecular weight is 375 g/mol. The van der Waals surface area contributed by atoms with E-state index >= 15 is 0 Å². The summed E-state index contributed by atoms with van der Waals surface area (Å²) in [5.74, 6) is 1.96. The number of nitrogens with one attached hydrogen (secondary N) is 2. The van der Waals surface area contributed by atoms with Gasteiger partial charge in [-0.25, -0.2) is 0 Å². The van der Waals surface area contributed by atoms with Crippen LogP contribution in [0.3, 0.4) is 0 Å². The smallest absolute Gasteiger partial charge is 0.191 e. The van der Waals surface area contributed by atoms with Crippen LogP contribution in [-0.2, 0) is 11.2 Å². The minimum atomic E-state index is 0.323. The van der Waals surface area contributed by atoms with Crippen molar-refractivity contribution in [2.24, 2.45) is 10.9 Å². The number of hydrogen-bond acceptors (Lipinski definition) is 4. The fourth-order valence-corrected chi connectivity index (χ4v) is 3.90. The van der Waals surface area contributed by atoms with E-state index < -0.39 is 0 Å². The summed E-state index contributed by atoms with van der Waals surface area (Å²) in [5.41, 5.74) is 1.25. The van der Waals surface area contributed by atoms with E-state index in [1.807, 2.05) is 19.2 Å². The van der Waals surface area contributed by atoms with Gasteiger partial charge in [0, 0.05) is 45.9 Å². The van der Waals surface area contributed by atoms with Crippen LogP contribution in [0.4, 0.5) is 0 Å². The number of aliphatic imine (C=N–C) groups is 1. The first-order valence-corrected chi connectivity index (χ1v) is 10.3. The number of piperidine rings is 1. The largest absolute Gasteiger partial charge is 0.508 e. The number of aromatic hydroxyl groups is 1. The second-order valence-electron chi connectivity index (χ2n) is 7.72. The highest BCUT2D eigenvalue weighted by Crippen LogP contribution is 2.17. The number of phenolic OH excluding ortho intramolecular Hbond substituents is 1. The first-order chi connectivity index (χ1) is 13.2. The zero-order valence-electron chi connectivity index (χ0n) is 16.5. The molecule has 0 aliphatic carbocycles. The van der Waals surface area contributed by atoms with Crippen molar-refractivity contribution in [3.63, 3.8) is 0 Å². The van der Waals surface area contributed by atoms with Gasteiger partial charge in [0.25, 0.3) is 0 Å². The average Bonchev–Trinajstić information content (AvgIpc) is 3.20. The Labute approximate surface area is 163 Å². The second kappa shape index (κ2) is 10.5. The van der Waals surface area contributed by atoms with Gasteiger partial charge in [-0.15, -0.1) is 0 Å². The van der Waals surface area contributed by atoms with Crippen molar-refractivity contribution >= 4 is 5.96 Å². The van der Waals surface area contributed by atoms with Crippen molar-refractivity contribution in [2.75, 3.05) is 46.4 Å². The molecule has 0 spiro atoms. The first-order valence-electron chi connectivity index (χ1n) is 10.3. The minimum absolute atomic E-state index is 0.323. The predicted octanol–water partition coefficient (Wildman–Crippen LogP) is 1.99. The number of benzene rings is 1. The number of rotatable bonds is 7. The Morgan fingerprint density at radius 3 is 2.67 bits per heavy atom. The third kappa shape index (κ3) is 6.70. The Hall–Kier alpha value is -1.79. The van der Waals surface area contributed by atoms with Gasteiger partial charge in [-0.05, 0) is 55.7 Å². The third-order valence-electron chi connectivity index (χ3n) is 5.56. The molecule has 2 heterocycles.